The number of halogens is 1. The molecule has 0 bridgehead atoms. The van der Waals surface area contributed by atoms with E-state index in [1.54, 1.807) is 0 Å². The van der Waals surface area contributed by atoms with Crippen LogP contribution in [-0.4, -0.2) is 65.8 Å². The van der Waals surface area contributed by atoms with Crippen LogP contribution in [-0.2, 0) is 15.8 Å². The first-order valence-electron chi connectivity index (χ1n) is 12.4. The molecule has 0 N–H and O–H groups in total. The summed E-state index contributed by atoms with van der Waals surface area (Å²) in [6, 6.07) is 9.92. The number of aromatic nitrogens is 1. The minimum Gasteiger partial charge on any atom is -0.412 e. The van der Waals surface area contributed by atoms with Crippen molar-refractivity contribution in [2.24, 2.45) is 0 Å². The van der Waals surface area contributed by atoms with Gasteiger partial charge in [-0.05, 0) is 36.3 Å². The first kappa shape index (κ1) is 24.9. The number of morpholine rings is 1. The Balaban J connectivity index is 1.36. The lowest BCUT2D eigenvalue weighted by atomic mass is 10.1. The van der Waals surface area contributed by atoms with Gasteiger partial charge in [0.25, 0.3) is 0 Å². The van der Waals surface area contributed by atoms with Crippen LogP contribution in [0.5, 0.6) is 0 Å². The van der Waals surface area contributed by atoms with Gasteiger partial charge >= 0.3 is 0 Å². The number of rotatable bonds is 6. The van der Waals surface area contributed by atoms with Crippen LogP contribution in [0.3, 0.4) is 0 Å². The number of nitrogens with zero attached hydrogens (tertiary/aromatic N) is 4. The van der Waals surface area contributed by atoms with Gasteiger partial charge in [-0.2, -0.15) is 0 Å². The third kappa shape index (κ3) is 5.55. The van der Waals surface area contributed by atoms with Crippen LogP contribution in [0.25, 0.3) is 0 Å². The number of pyridine rings is 1. The molecule has 0 radical (unpaired) electrons. The number of ether oxygens (including phenoxy) is 1. The van der Waals surface area contributed by atoms with Crippen LogP contribution < -0.4 is 14.7 Å². The topological polar surface area (TPSA) is 41.1 Å². The second-order valence-corrected chi connectivity index (χ2v) is 15.6. The van der Waals surface area contributed by atoms with Gasteiger partial charge in [-0.3, -0.25) is 0 Å². The summed E-state index contributed by atoms with van der Waals surface area (Å²) >= 11 is 0. The fourth-order valence-electron chi connectivity index (χ4n) is 4.15. The van der Waals surface area contributed by atoms with Crippen molar-refractivity contribution >= 4 is 25.5 Å². The number of hydrogen-bond donors (Lipinski definition) is 0. The van der Waals surface area contributed by atoms with Gasteiger partial charge in [0.2, 0.25) is 0 Å². The molecule has 0 saturated carbocycles. The zero-order valence-electron chi connectivity index (χ0n) is 21.3. The Bertz CT molecular complexity index is 950. The van der Waals surface area contributed by atoms with E-state index in [9.17, 15) is 0 Å². The molecule has 1 aromatic carbocycles. The monoisotopic (exact) mass is 486 g/mol. The van der Waals surface area contributed by atoms with Gasteiger partial charge < -0.3 is 23.9 Å². The molecule has 2 saturated heterocycles. The van der Waals surface area contributed by atoms with Gasteiger partial charge in [-0.1, -0.05) is 32.9 Å². The van der Waals surface area contributed by atoms with Gasteiger partial charge in [-0.25, -0.2) is 9.37 Å². The van der Waals surface area contributed by atoms with Gasteiger partial charge in [0, 0.05) is 44.8 Å². The van der Waals surface area contributed by atoms with Gasteiger partial charge in [-0.15, -0.1) is 0 Å². The largest absolute Gasteiger partial charge is 0.412 e. The van der Waals surface area contributed by atoms with E-state index >= 15 is 4.39 Å². The Morgan fingerprint density at radius 2 is 1.62 bits per heavy atom. The summed E-state index contributed by atoms with van der Waals surface area (Å²) in [4.78, 5) is 11.4. The number of hydrogen-bond acceptors (Lipinski definition) is 6. The van der Waals surface area contributed by atoms with Crippen LogP contribution in [0.15, 0.2) is 36.5 Å². The Kier molecular flexibility index (Phi) is 7.50. The van der Waals surface area contributed by atoms with E-state index in [-0.39, 0.29) is 10.9 Å². The predicted molar refractivity (Wildman–Crippen MR) is 140 cm³/mol. The summed E-state index contributed by atoms with van der Waals surface area (Å²) in [6.45, 7) is 17.9. The van der Waals surface area contributed by atoms with E-state index in [1.807, 2.05) is 24.4 Å². The molecular formula is C26H39FN4O2Si. The molecule has 2 aromatic rings. The molecule has 186 valence electrons. The van der Waals surface area contributed by atoms with Crippen molar-refractivity contribution in [1.29, 1.82) is 0 Å². The van der Waals surface area contributed by atoms with Crippen LogP contribution in [0.1, 0.15) is 26.3 Å². The second kappa shape index (κ2) is 10.2. The van der Waals surface area contributed by atoms with Crippen molar-refractivity contribution < 1.29 is 13.6 Å². The molecule has 34 heavy (non-hydrogen) atoms. The molecule has 2 aliphatic rings. The van der Waals surface area contributed by atoms with E-state index < -0.39 is 8.32 Å². The smallest absolute Gasteiger partial charge is 0.192 e. The predicted octanol–water partition coefficient (Wildman–Crippen LogP) is 4.91. The Hall–Kier alpha value is -2.16. The molecule has 0 atom stereocenters. The lowest BCUT2D eigenvalue weighted by Gasteiger charge is -2.38. The minimum absolute atomic E-state index is 0.103. The summed E-state index contributed by atoms with van der Waals surface area (Å²) in [5.74, 6) is 0.830. The molecule has 1 aromatic heterocycles. The summed E-state index contributed by atoms with van der Waals surface area (Å²) in [6.07, 6.45) is 1.96. The van der Waals surface area contributed by atoms with Crippen molar-refractivity contribution in [2.45, 2.75) is 45.5 Å². The molecule has 4 rings (SSSR count). The van der Waals surface area contributed by atoms with Gasteiger partial charge in [0.15, 0.2) is 14.1 Å². The summed E-state index contributed by atoms with van der Waals surface area (Å²) in [7, 11) is -1.93. The van der Waals surface area contributed by atoms with E-state index in [1.165, 1.54) is 0 Å². The number of piperazine rings is 1. The maximum Gasteiger partial charge on any atom is 0.192 e. The van der Waals surface area contributed by atoms with Crippen molar-refractivity contribution in [3.8, 4) is 0 Å². The lowest BCUT2D eigenvalue weighted by Crippen LogP contribution is -2.47. The van der Waals surface area contributed by atoms with Crippen molar-refractivity contribution in [3.05, 3.63) is 47.9 Å². The highest BCUT2D eigenvalue weighted by molar-refractivity contribution is 6.74. The zero-order chi connectivity index (χ0) is 24.3. The Morgan fingerprint density at radius 3 is 2.24 bits per heavy atom. The number of anilines is 3. The standard InChI is InChI=1S/C26H39FN4O2Si/c1-26(2,3)34(4,5)33-20-21-7-6-8-23(25(21)27)30-11-13-31(14-12-30)24-10-9-22(19-28-24)29-15-17-32-18-16-29/h6-10,19H,11-18,20H2,1-5H3. The average Bonchev–Trinajstić information content (AvgIpc) is 2.83. The highest BCUT2D eigenvalue weighted by atomic mass is 28.4. The summed E-state index contributed by atoms with van der Waals surface area (Å²) < 4.78 is 27.1. The molecule has 0 spiro atoms. The quantitative estimate of drug-likeness (QED) is 0.541. The van der Waals surface area contributed by atoms with E-state index in [0.29, 0.717) is 17.9 Å². The first-order valence-corrected chi connectivity index (χ1v) is 15.3. The van der Waals surface area contributed by atoms with E-state index in [2.05, 4.69) is 60.7 Å². The van der Waals surface area contributed by atoms with Crippen molar-refractivity contribution in [2.75, 3.05) is 67.2 Å². The van der Waals surface area contributed by atoms with Crippen LogP contribution in [0.4, 0.5) is 21.6 Å². The molecule has 2 fully saturated rings. The molecule has 0 unspecified atom stereocenters. The number of benzene rings is 1. The fraction of sp³-hybridized carbons (Fsp3) is 0.577. The lowest BCUT2D eigenvalue weighted by molar-refractivity contribution is 0.122. The van der Waals surface area contributed by atoms with E-state index in [4.69, 9.17) is 14.1 Å². The maximum atomic E-state index is 15.4. The molecule has 8 heteroatoms. The third-order valence-electron chi connectivity index (χ3n) is 7.51. The van der Waals surface area contributed by atoms with Crippen molar-refractivity contribution in [1.82, 2.24) is 4.98 Å². The zero-order valence-corrected chi connectivity index (χ0v) is 22.3. The molecule has 3 heterocycles. The third-order valence-corrected chi connectivity index (χ3v) is 12.0. The highest BCUT2D eigenvalue weighted by Crippen LogP contribution is 2.37. The van der Waals surface area contributed by atoms with Gasteiger partial charge in [0.05, 0.1) is 37.4 Å². The molecule has 2 aliphatic heterocycles. The normalized spacial score (nSPS) is 17.9. The van der Waals surface area contributed by atoms with E-state index in [0.717, 1.165) is 64.0 Å². The van der Waals surface area contributed by atoms with Crippen LogP contribution >= 0.6 is 0 Å². The Labute approximate surface area is 204 Å². The molecule has 0 amide bonds. The highest BCUT2D eigenvalue weighted by Gasteiger charge is 2.37. The molecule has 0 aliphatic carbocycles. The SMILES string of the molecule is CC(C)(C)[Si](C)(C)OCc1cccc(N2CCN(c3ccc(N4CCOCC4)cn3)CC2)c1F. The van der Waals surface area contributed by atoms with Crippen LogP contribution in [0.2, 0.25) is 18.1 Å². The maximum absolute atomic E-state index is 15.4. The van der Waals surface area contributed by atoms with Crippen LogP contribution in [0, 0.1) is 5.82 Å². The first-order chi connectivity index (χ1) is 16.2. The minimum atomic E-state index is -1.93. The van der Waals surface area contributed by atoms with Crippen molar-refractivity contribution in [3.63, 3.8) is 0 Å². The second-order valence-electron chi connectivity index (χ2n) is 10.7. The van der Waals surface area contributed by atoms with Gasteiger partial charge in [0.1, 0.15) is 5.82 Å². The molecular weight excluding hydrogens is 447 g/mol. The average molecular weight is 487 g/mol. The summed E-state index contributed by atoms with van der Waals surface area (Å²) in [5, 5.41) is 0.103. The Morgan fingerprint density at radius 1 is 0.941 bits per heavy atom. The fourth-order valence-corrected chi connectivity index (χ4v) is 5.10. The molecule has 6 nitrogen and oxygen atoms in total. The summed E-state index contributed by atoms with van der Waals surface area (Å²) in [5.41, 5.74) is 2.46.